The van der Waals surface area contributed by atoms with Gasteiger partial charge in [-0.15, -0.1) is 0 Å². The number of ether oxygens (including phenoxy) is 1. The van der Waals surface area contributed by atoms with Crippen molar-refractivity contribution in [2.24, 2.45) is 0 Å². The van der Waals surface area contributed by atoms with Crippen LogP contribution in [-0.4, -0.2) is 5.97 Å². The second-order valence-electron chi connectivity index (χ2n) is 5.10. The van der Waals surface area contributed by atoms with E-state index >= 15 is 0 Å². The molecule has 0 aliphatic rings. The van der Waals surface area contributed by atoms with Gasteiger partial charge in [0.25, 0.3) is 0 Å². The van der Waals surface area contributed by atoms with Crippen molar-refractivity contribution in [3.8, 4) is 5.75 Å². The predicted molar refractivity (Wildman–Crippen MR) is 81.1 cm³/mol. The Balaban J connectivity index is 2.04. The summed E-state index contributed by atoms with van der Waals surface area (Å²) < 4.78 is 18.6. The molecule has 2 rings (SSSR count). The van der Waals surface area contributed by atoms with Gasteiger partial charge in [0, 0.05) is 6.07 Å². The van der Waals surface area contributed by atoms with Crippen LogP contribution < -0.4 is 4.74 Å². The van der Waals surface area contributed by atoms with Crippen molar-refractivity contribution in [3.63, 3.8) is 0 Å². The van der Waals surface area contributed by atoms with Gasteiger partial charge in [0.2, 0.25) is 0 Å². The summed E-state index contributed by atoms with van der Waals surface area (Å²) in [6.07, 6.45) is 3.28. The second kappa shape index (κ2) is 7.02. The third-order valence-electron chi connectivity index (χ3n) is 3.36. The summed E-state index contributed by atoms with van der Waals surface area (Å²) in [5, 5.41) is 0. The molecule has 21 heavy (non-hydrogen) atoms. The minimum absolute atomic E-state index is 0.221. The quantitative estimate of drug-likeness (QED) is 0.588. The third-order valence-corrected chi connectivity index (χ3v) is 3.36. The molecule has 0 aromatic heterocycles. The van der Waals surface area contributed by atoms with E-state index in [-0.39, 0.29) is 11.6 Å². The van der Waals surface area contributed by atoms with E-state index in [1.54, 1.807) is 31.2 Å². The maximum atomic E-state index is 13.4. The predicted octanol–water partition coefficient (Wildman–Crippen LogP) is 4.70. The van der Waals surface area contributed by atoms with Crippen LogP contribution in [0.3, 0.4) is 0 Å². The number of carbonyl (C=O) groups is 1. The van der Waals surface area contributed by atoms with Gasteiger partial charge < -0.3 is 4.74 Å². The van der Waals surface area contributed by atoms with E-state index < -0.39 is 5.97 Å². The molecule has 0 amide bonds. The first-order valence-electron chi connectivity index (χ1n) is 7.17. The van der Waals surface area contributed by atoms with Crippen molar-refractivity contribution >= 4 is 5.97 Å². The van der Waals surface area contributed by atoms with Gasteiger partial charge in [0.15, 0.2) is 0 Å². The average molecular weight is 286 g/mol. The van der Waals surface area contributed by atoms with Crippen LogP contribution in [0.5, 0.6) is 5.75 Å². The van der Waals surface area contributed by atoms with Crippen molar-refractivity contribution in [3.05, 3.63) is 65.0 Å². The lowest BCUT2D eigenvalue weighted by Gasteiger charge is -2.06. The number of hydrogen-bond donors (Lipinski definition) is 0. The molecule has 110 valence electrons. The topological polar surface area (TPSA) is 26.3 Å². The first-order valence-corrected chi connectivity index (χ1v) is 7.17. The molecule has 0 saturated carbocycles. The Morgan fingerprint density at radius 3 is 2.48 bits per heavy atom. The van der Waals surface area contributed by atoms with Crippen molar-refractivity contribution in [2.45, 2.75) is 33.1 Å². The van der Waals surface area contributed by atoms with Crippen LogP contribution in [0.2, 0.25) is 0 Å². The van der Waals surface area contributed by atoms with Gasteiger partial charge in [-0.25, -0.2) is 9.18 Å². The van der Waals surface area contributed by atoms with Crippen LogP contribution in [0.25, 0.3) is 0 Å². The highest BCUT2D eigenvalue weighted by atomic mass is 19.1. The molecule has 0 aliphatic heterocycles. The molecular weight excluding hydrogens is 267 g/mol. The summed E-state index contributed by atoms with van der Waals surface area (Å²) in [5.41, 5.74) is 2.20. The normalized spacial score (nSPS) is 10.4. The average Bonchev–Trinajstić information content (AvgIpc) is 2.49. The van der Waals surface area contributed by atoms with Gasteiger partial charge in [-0.1, -0.05) is 31.5 Å². The lowest BCUT2D eigenvalue weighted by Crippen LogP contribution is -2.08. The minimum atomic E-state index is -0.472. The Kier molecular flexibility index (Phi) is 5.09. The number of carbonyl (C=O) groups excluding carboxylic acids is 1. The monoisotopic (exact) mass is 286 g/mol. The van der Waals surface area contributed by atoms with E-state index in [9.17, 15) is 9.18 Å². The van der Waals surface area contributed by atoms with Gasteiger partial charge in [0.05, 0.1) is 5.56 Å². The second-order valence-corrected chi connectivity index (χ2v) is 5.10. The number of aryl methyl sites for hydroxylation is 2. The molecule has 2 aromatic rings. The van der Waals surface area contributed by atoms with E-state index in [4.69, 9.17) is 4.74 Å². The number of unbranched alkanes of at least 4 members (excludes halogenated alkanes) is 1. The van der Waals surface area contributed by atoms with E-state index in [0.717, 1.165) is 19.3 Å². The third kappa shape index (κ3) is 4.15. The number of rotatable bonds is 5. The van der Waals surface area contributed by atoms with E-state index in [0.29, 0.717) is 11.1 Å². The van der Waals surface area contributed by atoms with Gasteiger partial charge in [0.1, 0.15) is 11.6 Å². The van der Waals surface area contributed by atoms with Crippen LogP contribution >= 0.6 is 0 Å². The molecule has 2 nitrogen and oxygen atoms in total. The molecule has 0 saturated heterocycles. The summed E-state index contributed by atoms with van der Waals surface area (Å²) in [4.78, 5) is 12.0. The van der Waals surface area contributed by atoms with E-state index in [1.165, 1.54) is 11.6 Å². The summed E-state index contributed by atoms with van der Waals surface area (Å²) in [7, 11) is 0. The van der Waals surface area contributed by atoms with Gasteiger partial charge in [-0.3, -0.25) is 0 Å². The zero-order valence-corrected chi connectivity index (χ0v) is 12.4. The molecule has 0 fully saturated rings. The number of esters is 1. The van der Waals surface area contributed by atoms with Gasteiger partial charge in [-0.05, 0) is 49.1 Å². The maximum Gasteiger partial charge on any atom is 0.343 e. The van der Waals surface area contributed by atoms with Crippen molar-refractivity contribution < 1.29 is 13.9 Å². The fourth-order valence-electron chi connectivity index (χ4n) is 1.99. The van der Waals surface area contributed by atoms with Gasteiger partial charge in [-0.2, -0.15) is 0 Å². The fourth-order valence-corrected chi connectivity index (χ4v) is 1.99. The molecule has 2 aromatic carbocycles. The summed E-state index contributed by atoms with van der Waals surface area (Å²) in [5.74, 6) is -0.631. The van der Waals surface area contributed by atoms with E-state index in [2.05, 4.69) is 6.92 Å². The summed E-state index contributed by atoms with van der Waals surface area (Å²) >= 11 is 0. The lowest BCUT2D eigenvalue weighted by molar-refractivity contribution is 0.0734. The number of halogens is 1. The Bertz CT molecular complexity index is 618. The van der Waals surface area contributed by atoms with Crippen LogP contribution in [0.1, 0.15) is 41.3 Å². The first-order chi connectivity index (χ1) is 10.1. The Morgan fingerprint density at radius 2 is 1.86 bits per heavy atom. The SMILES string of the molecule is CCCCc1ccc(C(=O)Oc2ccc(C)c(F)c2)cc1. The zero-order chi connectivity index (χ0) is 15.2. The highest BCUT2D eigenvalue weighted by molar-refractivity contribution is 5.91. The van der Waals surface area contributed by atoms with Crippen LogP contribution in [0.15, 0.2) is 42.5 Å². The smallest absolute Gasteiger partial charge is 0.343 e. The molecule has 0 atom stereocenters. The molecule has 3 heteroatoms. The van der Waals surface area contributed by atoms with Crippen molar-refractivity contribution in [1.29, 1.82) is 0 Å². The lowest BCUT2D eigenvalue weighted by atomic mass is 10.1. The standard InChI is InChI=1S/C18H19FO2/c1-3-4-5-14-7-9-15(10-8-14)18(20)21-16-11-6-13(2)17(19)12-16/h6-12H,3-5H2,1-2H3. The number of benzene rings is 2. The molecule has 0 aliphatic carbocycles. The minimum Gasteiger partial charge on any atom is -0.423 e. The molecular formula is C18H19FO2. The van der Waals surface area contributed by atoms with Crippen LogP contribution in [0.4, 0.5) is 4.39 Å². The Hall–Kier alpha value is -2.16. The summed E-state index contributed by atoms with van der Waals surface area (Å²) in [6, 6.07) is 11.8. The highest BCUT2D eigenvalue weighted by Gasteiger charge is 2.09. The molecule has 0 unspecified atom stereocenters. The summed E-state index contributed by atoms with van der Waals surface area (Å²) in [6.45, 7) is 3.81. The van der Waals surface area contributed by atoms with Crippen molar-refractivity contribution in [2.75, 3.05) is 0 Å². The van der Waals surface area contributed by atoms with Crippen molar-refractivity contribution in [1.82, 2.24) is 0 Å². The maximum absolute atomic E-state index is 13.4. The Morgan fingerprint density at radius 1 is 1.14 bits per heavy atom. The largest absolute Gasteiger partial charge is 0.423 e. The fraction of sp³-hybridized carbons (Fsp3) is 0.278. The van der Waals surface area contributed by atoms with Crippen LogP contribution in [0, 0.1) is 12.7 Å². The zero-order valence-electron chi connectivity index (χ0n) is 12.4. The first kappa shape index (κ1) is 15.2. The molecule has 0 spiro atoms. The molecule has 0 N–H and O–H groups in total. The molecule has 0 bridgehead atoms. The molecule has 0 radical (unpaired) electrons. The number of hydrogen-bond acceptors (Lipinski definition) is 2. The Labute approximate surface area is 124 Å². The van der Waals surface area contributed by atoms with Crippen LogP contribution in [-0.2, 0) is 6.42 Å². The van der Waals surface area contributed by atoms with Gasteiger partial charge >= 0.3 is 5.97 Å². The molecule has 0 heterocycles. The van der Waals surface area contributed by atoms with E-state index in [1.807, 2.05) is 12.1 Å². The highest BCUT2D eigenvalue weighted by Crippen LogP contribution is 2.17.